The molecule has 0 saturated heterocycles. The minimum Gasteiger partial charge on any atom is -0.392 e. The average Bonchev–Trinajstić information content (AvgIpc) is 2.80. The fourth-order valence-corrected chi connectivity index (χ4v) is 3.78. The molecule has 0 saturated carbocycles. The number of benzene rings is 2. The first kappa shape index (κ1) is 23.5. The fourth-order valence-electron chi connectivity index (χ4n) is 3.78. The Morgan fingerprint density at radius 1 is 0.531 bits per heavy atom. The lowest BCUT2D eigenvalue weighted by atomic mass is 9.91. The number of aryl methyl sites for hydroxylation is 4. The van der Waals surface area contributed by atoms with Crippen LogP contribution in [0.5, 0.6) is 0 Å². The van der Waals surface area contributed by atoms with Crippen molar-refractivity contribution in [2.45, 2.75) is 25.7 Å². The Hall–Kier alpha value is -3.20. The summed E-state index contributed by atoms with van der Waals surface area (Å²) in [4.78, 5) is 0. The number of rotatable bonds is 8. The third-order valence-electron chi connectivity index (χ3n) is 5.49. The van der Waals surface area contributed by atoms with E-state index in [1.165, 1.54) is 33.4 Å². The lowest BCUT2D eigenvalue weighted by molar-refractivity contribution is 0.342. The monoisotopic (exact) mass is 424 g/mol. The first-order valence-corrected chi connectivity index (χ1v) is 11.2. The molecule has 4 bridgehead atoms. The van der Waals surface area contributed by atoms with Gasteiger partial charge < -0.3 is 10.2 Å². The van der Waals surface area contributed by atoms with E-state index in [0.29, 0.717) is 0 Å². The number of aliphatic hydroxyl groups excluding tert-OH is 2. The first-order valence-electron chi connectivity index (χ1n) is 11.2. The molecule has 0 unspecified atom stereocenters. The van der Waals surface area contributed by atoms with Crippen molar-refractivity contribution >= 4 is 12.2 Å². The van der Waals surface area contributed by atoms with E-state index in [1.807, 2.05) is 36.5 Å². The second kappa shape index (κ2) is 13.3. The normalized spacial score (nSPS) is 14.8. The Kier molecular flexibility index (Phi) is 9.72. The van der Waals surface area contributed by atoms with Crippen LogP contribution >= 0.6 is 0 Å². The molecule has 0 radical (unpaired) electrons. The van der Waals surface area contributed by atoms with Crippen LogP contribution in [0.2, 0.25) is 0 Å². The minimum absolute atomic E-state index is 0.0647. The average molecular weight is 425 g/mol. The van der Waals surface area contributed by atoms with E-state index in [0.717, 1.165) is 25.7 Å². The Balaban J connectivity index is 1.81. The third kappa shape index (κ3) is 7.49. The molecular formula is C30H32O2. The highest BCUT2D eigenvalue weighted by molar-refractivity contribution is 5.59. The molecule has 4 aliphatic carbocycles. The summed E-state index contributed by atoms with van der Waals surface area (Å²) in [5.41, 5.74) is 8.00. The largest absolute Gasteiger partial charge is 0.392 e. The maximum atomic E-state index is 8.81. The van der Waals surface area contributed by atoms with Crippen molar-refractivity contribution in [1.29, 1.82) is 0 Å². The van der Waals surface area contributed by atoms with Gasteiger partial charge in [0.2, 0.25) is 0 Å². The molecule has 2 aromatic rings. The van der Waals surface area contributed by atoms with Crippen molar-refractivity contribution in [1.82, 2.24) is 0 Å². The Morgan fingerprint density at radius 2 is 0.969 bits per heavy atom. The molecule has 0 spiro atoms. The van der Waals surface area contributed by atoms with Crippen molar-refractivity contribution in [2.24, 2.45) is 0 Å². The first-order chi connectivity index (χ1) is 15.8. The van der Waals surface area contributed by atoms with E-state index in [2.05, 4.69) is 60.7 Å². The summed E-state index contributed by atoms with van der Waals surface area (Å²) < 4.78 is 0. The number of allylic oxidation sites excluding steroid dienone is 8. The van der Waals surface area contributed by atoms with Crippen molar-refractivity contribution in [3.63, 3.8) is 0 Å². The van der Waals surface area contributed by atoms with Gasteiger partial charge in [0.1, 0.15) is 0 Å². The standard InChI is InChI=1S/C30H32O2/c31-21-9-5-1-3-7-11-29-23-25-13-14-26-16-18-28(20-19-27(29)17-15-25)30(24-26)12-8-4-2-6-10-22-32/h1-12,15-18,23-24,31-32H,13-14,19-22H2/b3-1+,4-2+,9-5+,10-6+,11-7+,12-8+. The van der Waals surface area contributed by atoms with Gasteiger partial charge in [-0.25, -0.2) is 0 Å². The molecule has 0 aliphatic heterocycles. The predicted molar refractivity (Wildman–Crippen MR) is 136 cm³/mol. The summed E-state index contributed by atoms with van der Waals surface area (Å²) in [5.74, 6) is 0. The lowest BCUT2D eigenvalue weighted by Crippen LogP contribution is -2.02. The van der Waals surface area contributed by atoms with Crippen LogP contribution in [-0.4, -0.2) is 23.4 Å². The molecule has 6 rings (SSSR count). The Morgan fingerprint density at radius 3 is 1.41 bits per heavy atom. The number of hydrogen-bond donors (Lipinski definition) is 2. The lowest BCUT2D eigenvalue weighted by Gasteiger charge is -2.14. The highest BCUT2D eigenvalue weighted by atomic mass is 16.3. The van der Waals surface area contributed by atoms with Crippen LogP contribution in [0.15, 0.2) is 97.2 Å². The molecule has 164 valence electrons. The molecular weight excluding hydrogens is 392 g/mol. The second-order valence-electron chi connectivity index (χ2n) is 7.78. The summed E-state index contributed by atoms with van der Waals surface area (Å²) in [5, 5.41) is 17.6. The van der Waals surface area contributed by atoms with Crippen LogP contribution in [0.25, 0.3) is 12.2 Å². The van der Waals surface area contributed by atoms with Crippen LogP contribution in [0, 0.1) is 0 Å². The van der Waals surface area contributed by atoms with Gasteiger partial charge in [-0.2, -0.15) is 0 Å². The zero-order valence-electron chi connectivity index (χ0n) is 18.5. The third-order valence-corrected chi connectivity index (χ3v) is 5.49. The van der Waals surface area contributed by atoms with Gasteiger partial charge in [-0.15, -0.1) is 0 Å². The Labute approximate surface area is 192 Å². The highest BCUT2D eigenvalue weighted by Crippen LogP contribution is 2.23. The molecule has 2 heteroatoms. The van der Waals surface area contributed by atoms with Crippen molar-refractivity contribution in [3.8, 4) is 0 Å². The molecule has 2 N–H and O–H groups in total. The summed E-state index contributed by atoms with van der Waals surface area (Å²) in [6.45, 7) is 0.129. The maximum absolute atomic E-state index is 8.81. The Bertz CT molecular complexity index is 963. The molecule has 0 fully saturated rings. The smallest absolute Gasteiger partial charge is 0.0615 e. The summed E-state index contributed by atoms with van der Waals surface area (Å²) >= 11 is 0. The molecule has 32 heavy (non-hydrogen) atoms. The van der Waals surface area contributed by atoms with E-state index >= 15 is 0 Å². The van der Waals surface area contributed by atoms with E-state index in [4.69, 9.17) is 10.2 Å². The zero-order valence-corrected chi connectivity index (χ0v) is 18.5. The van der Waals surface area contributed by atoms with Gasteiger partial charge >= 0.3 is 0 Å². The van der Waals surface area contributed by atoms with Gasteiger partial charge in [-0.3, -0.25) is 0 Å². The topological polar surface area (TPSA) is 40.5 Å². The molecule has 0 atom stereocenters. The van der Waals surface area contributed by atoms with Gasteiger partial charge in [0, 0.05) is 0 Å². The van der Waals surface area contributed by atoms with Crippen molar-refractivity contribution < 1.29 is 10.2 Å². The van der Waals surface area contributed by atoms with Gasteiger partial charge in [0.25, 0.3) is 0 Å². The van der Waals surface area contributed by atoms with E-state index < -0.39 is 0 Å². The van der Waals surface area contributed by atoms with Crippen LogP contribution < -0.4 is 0 Å². The van der Waals surface area contributed by atoms with Crippen molar-refractivity contribution in [2.75, 3.05) is 13.2 Å². The fraction of sp³-hybridized carbons (Fsp3) is 0.200. The summed E-state index contributed by atoms with van der Waals surface area (Å²) in [6.07, 6.45) is 27.5. The van der Waals surface area contributed by atoms with Crippen LogP contribution in [0.3, 0.4) is 0 Å². The predicted octanol–water partition coefficient (Wildman–Crippen LogP) is 5.81. The molecule has 2 aromatic carbocycles. The molecule has 0 aromatic heterocycles. The quantitative estimate of drug-likeness (QED) is 0.525. The molecule has 0 amide bonds. The van der Waals surface area contributed by atoms with Gasteiger partial charge in [0.05, 0.1) is 13.2 Å². The molecule has 2 nitrogen and oxygen atoms in total. The summed E-state index contributed by atoms with van der Waals surface area (Å²) in [6, 6.07) is 13.7. The van der Waals surface area contributed by atoms with Crippen LogP contribution in [0.4, 0.5) is 0 Å². The minimum atomic E-state index is 0.0647. The highest BCUT2D eigenvalue weighted by Gasteiger charge is 2.09. The second-order valence-corrected chi connectivity index (χ2v) is 7.78. The van der Waals surface area contributed by atoms with Crippen molar-refractivity contribution in [3.05, 3.63) is 131 Å². The van der Waals surface area contributed by atoms with E-state index in [-0.39, 0.29) is 13.2 Å². The molecule has 0 heterocycles. The van der Waals surface area contributed by atoms with Gasteiger partial charge in [-0.05, 0) is 59.1 Å². The van der Waals surface area contributed by atoms with Crippen LogP contribution in [0.1, 0.15) is 33.4 Å². The van der Waals surface area contributed by atoms with Gasteiger partial charge in [-0.1, -0.05) is 109 Å². The number of hydrogen-bond acceptors (Lipinski definition) is 2. The van der Waals surface area contributed by atoms with Crippen LogP contribution in [-0.2, 0) is 25.7 Å². The SMILES string of the molecule is OC/C=C/C=C/C=C/c1cc2ccc1CCc1ccc(cc1/C=C/C=C/C=C/CO)CC2. The van der Waals surface area contributed by atoms with E-state index in [1.54, 1.807) is 12.2 Å². The zero-order chi connectivity index (χ0) is 22.4. The molecule has 4 aliphatic rings. The van der Waals surface area contributed by atoms with E-state index in [9.17, 15) is 0 Å². The van der Waals surface area contributed by atoms with Gasteiger partial charge in [0.15, 0.2) is 0 Å². The maximum Gasteiger partial charge on any atom is 0.0615 e. The summed E-state index contributed by atoms with van der Waals surface area (Å²) in [7, 11) is 0. The number of aliphatic hydroxyl groups is 2.